The van der Waals surface area contributed by atoms with Crippen LogP contribution in [0.1, 0.15) is 41.6 Å². The molecule has 0 bridgehead atoms. The molecule has 0 saturated carbocycles. The largest absolute Gasteiger partial charge is 0.496 e. The molecule has 1 N–H and O–H groups in total. The van der Waals surface area contributed by atoms with Crippen molar-refractivity contribution in [3.05, 3.63) is 64.7 Å². The van der Waals surface area contributed by atoms with Crippen LogP contribution in [0.3, 0.4) is 0 Å². The second kappa shape index (κ2) is 7.81. The molecule has 2 rings (SSSR count). The number of ether oxygens (including phenoxy) is 1. The third kappa shape index (κ3) is 4.58. The first-order valence-electron chi connectivity index (χ1n) is 8.05. The highest BCUT2D eigenvalue weighted by atomic mass is 32.2. The van der Waals surface area contributed by atoms with E-state index in [2.05, 4.69) is 4.72 Å². The first kappa shape index (κ1) is 18.5. The van der Waals surface area contributed by atoms with Crippen LogP contribution >= 0.6 is 0 Å². The van der Waals surface area contributed by atoms with Gasteiger partial charge in [0, 0.05) is 6.04 Å². The number of sulfonamides is 1. The van der Waals surface area contributed by atoms with Crippen LogP contribution in [0.5, 0.6) is 5.75 Å². The van der Waals surface area contributed by atoms with Crippen LogP contribution in [0.4, 0.5) is 0 Å². The molecule has 0 aliphatic carbocycles. The molecule has 0 unspecified atom stereocenters. The van der Waals surface area contributed by atoms with Gasteiger partial charge in [-0.1, -0.05) is 43.3 Å². The van der Waals surface area contributed by atoms with Crippen LogP contribution in [0.2, 0.25) is 0 Å². The van der Waals surface area contributed by atoms with E-state index in [1.165, 1.54) is 0 Å². The van der Waals surface area contributed by atoms with Crippen molar-refractivity contribution < 1.29 is 13.2 Å². The summed E-state index contributed by atoms with van der Waals surface area (Å²) in [6.07, 6.45) is 0.679. The summed E-state index contributed by atoms with van der Waals surface area (Å²) < 4.78 is 33.2. The molecule has 0 heterocycles. The zero-order valence-electron chi connectivity index (χ0n) is 14.7. The standard InChI is InChI=1S/C19H25NO3S/c1-5-18(16-10-11-19(23-4)15(3)12-16)20-24(21,22)13-17-9-7-6-8-14(17)2/h6-12,18,20H,5,13H2,1-4H3/t18-/m1/s1. The molecule has 4 nitrogen and oxygen atoms in total. The van der Waals surface area contributed by atoms with Gasteiger partial charge in [0.25, 0.3) is 0 Å². The second-order valence-electron chi connectivity index (χ2n) is 5.99. The van der Waals surface area contributed by atoms with Crippen molar-refractivity contribution in [2.75, 3.05) is 7.11 Å². The summed E-state index contributed by atoms with van der Waals surface area (Å²) in [6, 6.07) is 13.1. The van der Waals surface area contributed by atoms with E-state index in [1.807, 2.05) is 63.2 Å². The number of rotatable bonds is 7. The summed E-state index contributed by atoms with van der Waals surface area (Å²) in [7, 11) is -1.80. The van der Waals surface area contributed by atoms with Crippen molar-refractivity contribution in [3.63, 3.8) is 0 Å². The summed E-state index contributed by atoms with van der Waals surface area (Å²) in [4.78, 5) is 0. The Labute approximate surface area is 144 Å². The number of aryl methyl sites for hydroxylation is 2. The van der Waals surface area contributed by atoms with Gasteiger partial charge in [0.05, 0.1) is 12.9 Å². The zero-order chi connectivity index (χ0) is 17.7. The van der Waals surface area contributed by atoms with E-state index in [0.717, 1.165) is 28.0 Å². The highest BCUT2D eigenvalue weighted by Crippen LogP contribution is 2.25. The van der Waals surface area contributed by atoms with E-state index in [-0.39, 0.29) is 11.8 Å². The summed E-state index contributed by atoms with van der Waals surface area (Å²) in [5.74, 6) is 0.794. The summed E-state index contributed by atoms with van der Waals surface area (Å²) >= 11 is 0. The maximum absolute atomic E-state index is 12.6. The van der Waals surface area contributed by atoms with Crippen molar-refractivity contribution in [2.45, 2.75) is 39.0 Å². The topological polar surface area (TPSA) is 55.4 Å². The fourth-order valence-electron chi connectivity index (χ4n) is 2.74. The number of hydrogen-bond donors (Lipinski definition) is 1. The van der Waals surface area contributed by atoms with Gasteiger partial charge in [0.15, 0.2) is 0 Å². The quantitative estimate of drug-likeness (QED) is 0.827. The lowest BCUT2D eigenvalue weighted by Crippen LogP contribution is -2.29. The van der Waals surface area contributed by atoms with Crippen LogP contribution in [0.25, 0.3) is 0 Å². The molecular weight excluding hydrogens is 322 g/mol. The Morgan fingerprint density at radius 1 is 1.08 bits per heavy atom. The maximum atomic E-state index is 12.6. The Morgan fingerprint density at radius 2 is 1.79 bits per heavy atom. The van der Waals surface area contributed by atoms with Crippen LogP contribution < -0.4 is 9.46 Å². The first-order valence-corrected chi connectivity index (χ1v) is 9.70. The van der Waals surface area contributed by atoms with Gasteiger partial charge in [-0.2, -0.15) is 0 Å². The van der Waals surface area contributed by atoms with Crippen molar-refractivity contribution in [1.82, 2.24) is 4.72 Å². The predicted molar refractivity (Wildman–Crippen MR) is 97.7 cm³/mol. The minimum Gasteiger partial charge on any atom is -0.496 e. The van der Waals surface area contributed by atoms with Crippen LogP contribution in [-0.2, 0) is 15.8 Å². The third-order valence-corrected chi connectivity index (χ3v) is 5.49. The average molecular weight is 347 g/mol. The highest BCUT2D eigenvalue weighted by molar-refractivity contribution is 7.88. The number of methoxy groups -OCH3 is 1. The van der Waals surface area contributed by atoms with Gasteiger partial charge in [0.2, 0.25) is 10.0 Å². The smallest absolute Gasteiger partial charge is 0.216 e. The number of benzene rings is 2. The Bertz CT molecular complexity index is 800. The molecule has 0 fully saturated rings. The summed E-state index contributed by atoms with van der Waals surface area (Å²) in [6.45, 7) is 5.85. The molecule has 130 valence electrons. The Hall–Kier alpha value is -1.85. The molecule has 0 radical (unpaired) electrons. The lowest BCUT2D eigenvalue weighted by Gasteiger charge is -2.19. The summed E-state index contributed by atoms with van der Waals surface area (Å²) in [5.41, 5.74) is 3.75. The van der Waals surface area contributed by atoms with Crippen molar-refractivity contribution in [1.29, 1.82) is 0 Å². The van der Waals surface area contributed by atoms with E-state index < -0.39 is 10.0 Å². The highest BCUT2D eigenvalue weighted by Gasteiger charge is 2.20. The number of hydrogen-bond acceptors (Lipinski definition) is 3. The molecule has 24 heavy (non-hydrogen) atoms. The molecule has 0 saturated heterocycles. The molecule has 0 spiro atoms. The van der Waals surface area contributed by atoms with Crippen LogP contribution in [0, 0.1) is 13.8 Å². The van der Waals surface area contributed by atoms with Gasteiger partial charge in [-0.05, 0) is 48.6 Å². The minimum atomic E-state index is -3.43. The average Bonchev–Trinajstić information content (AvgIpc) is 2.54. The normalized spacial score (nSPS) is 12.8. The lowest BCUT2D eigenvalue weighted by molar-refractivity contribution is 0.411. The molecule has 0 aliphatic heterocycles. The molecule has 0 amide bonds. The van der Waals surface area contributed by atoms with Gasteiger partial charge in [0.1, 0.15) is 5.75 Å². The SMILES string of the molecule is CC[C@@H](NS(=O)(=O)Cc1ccccc1C)c1ccc(OC)c(C)c1. The molecule has 5 heteroatoms. The molecule has 2 aromatic rings. The third-order valence-electron chi connectivity index (χ3n) is 4.16. The van der Waals surface area contributed by atoms with E-state index >= 15 is 0 Å². The van der Waals surface area contributed by atoms with Crippen LogP contribution in [0.15, 0.2) is 42.5 Å². The first-order chi connectivity index (χ1) is 11.4. The van der Waals surface area contributed by atoms with Crippen LogP contribution in [-0.4, -0.2) is 15.5 Å². The lowest BCUT2D eigenvalue weighted by atomic mass is 10.0. The number of nitrogens with one attached hydrogen (secondary N) is 1. The van der Waals surface area contributed by atoms with E-state index in [9.17, 15) is 8.42 Å². The van der Waals surface area contributed by atoms with Crippen molar-refractivity contribution >= 4 is 10.0 Å². The van der Waals surface area contributed by atoms with E-state index in [0.29, 0.717) is 6.42 Å². The fraction of sp³-hybridized carbons (Fsp3) is 0.368. The molecule has 2 aromatic carbocycles. The van der Waals surface area contributed by atoms with Gasteiger partial charge < -0.3 is 4.74 Å². The Kier molecular flexibility index (Phi) is 6.02. The molecule has 0 aromatic heterocycles. The molecular formula is C19H25NO3S. The minimum absolute atomic E-state index is 0.00862. The second-order valence-corrected chi connectivity index (χ2v) is 7.75. The maximum Gasteiger partial charge on any atom is 0.216 e. The monoisotopic (exact) mass is 347 g/mol. The van der Waals surface area contributed by atoms with Gasteiger partial charge >= 0.3 is 0 Å². The van der Waals surface area contributed by atoms with E-state index in [1.54, 1.807) is 7.11 Å². The Balaban J connectivity index is 2.20. The summed E-state index contributed by atoms with van der Waals surface area (Å²) in [5, 5.41) is 0. The van der Waals surface area contributed by atoms with Crippen molar-refractivity contribution in [3.8, 4) is 5.75 Å². The van der Waals surface area contributed by atoms with Crippen molar-refractivity contribution in [2.24, 2.45) is 0 Å². The predicted octanol–water partition coefficient (Wildman–Crippen LogP) is 3.88. The van der Waals surface area contributed by atoms with Gasteiger partial charge in [-0.25, -0.2) is 13.1 Å². The molecule has 0 aliphatic rings. The van der Waals surface area contributed by atoms with Gasteiger partial charge in [-0.3, -0.25) is 0 Å². The van der Waals surface area contributed by atoms with Gasteiger partial charge in [-0.15, -0.1) is 0 Å². The Morgan fingerprint density at radius 3 is 2.38 bits per heavy atom. The zero-order valence-corrected chi connectivity index (χ0v) is 15.5. The van der Waals surface area contributed by atoms with E-state index in [4.69, 9.17) is 4.74 Å². The molecule has 1 atom stereocenters. The fourth-order valence-corrected chi connectivity index (χ4v) is 4.29.